The van der Waals surface area contributed by atoms with Gasteiger partial charge in [0.05, 0.1) is 0 Å². The zero-order valence-electron chi connectivity index (χ0n) is 15.0. The highest BCUT2D eigenvalue weighted by Gasteiger charge is 2.48. The Balaban J connectivity index is 1.57. The molecule has 1 heterocycles. The molecule has 0 spiro atoms. The molecule has 0 unspecified atom stereocenters. The van der Waals surface area contributed by atoms with Crippen LogP contribution in [0.1, 0.15) is 35.8 Å². The molecule has 132 valence electrons. The number of nitrogens with zero attached hydrogens (tertiary/aromatic N) is 1. The predicted molar refractivity (Wildman–Crippen MR) is 107 cm³/mol. The summed E-state index contributed by atoms with van der Waals surface area (Å²) in [6.07, 6.45) is 2.79. The molecular weight excluding hydrogens is 342 g/mol. The summed E-state index contributed by atoms with van der Waals surface area (Å²) in [5.41, 5.74) is 5.52. The highest BCUT2D eigenvalue weighted by atomic mass is 32.1. The maximum Gasteiger partial charge on any atom is 0.166 e. The van der Waals surface area contributed by atoms with E-state index >= 15 is 0 Å². The average molecular weight is 363 g/mol. The first-order chi connectivity index (χ1) is 12.6. The Hall–Kier alpha value is -2.46. The van der Waals surface area contributed by atoms with Gasteiger partial charge in [0, 0.05) is 9.75 Å². The predicted octanol–water partition coefficient (Wildman–Crippen LogP) is 6.64. The monoisotopic (exact) mass is 363 g/mol. The van der Waals surface area contributed by atoms with E-state index in [2.05, 4.69) is 61.7 Å². The molecule has 4 heteroatoms. The van der Waals surface area contributed by atoms with E-state index in [9.17, 15) is 4.91 Å². The first-order valence-corrected chi connectivity index (χ1v) is 9.78. The van der Waals surface area contributed by atoms with Crippen LogP contribution in [0.15, 0.2) is 59.9 Å². The first-order valence-electron chi connectivity index (χ1n) is 8.97. The highest BCUT2D eigenvalue weighted by molar-refractivity contribution is 7.15. The number of benzene rings is 2. The van der Waals surface area contributed by atoms with Gasteiger partial charge in [-0.3, -0.25) is 0 Å². The van der Waals surface area contributed by atoms with Crippen molar-refractivity contribution in [2.75, 3.05) is 0 Å². The second kappa shape index (κ2) is 6.69. The lowest BCUT2D eigenvalue weighted by molar-refractivity contribution is 0.0316. The SMILES string of the molecule is CCc1cc(C)c(-c2ccc(-c3ccc(C4(ON=O)CC4)cc3)cc2)s1. The van der Waals surface area contributed by atoms with Crippen molar-refractivity contribution in [1.82, 2.24) is 0 Å². The molecule has 1 aliphatic rings. The Morgan fingerprint density at radius 1 is 1.00 bits per heavy atom. The molecule has 0 saturated heterocycles. The van der Waals surface area contributed by atoms with E-state index in [0.717, 1.165) is 30.4 Å². The smallest absolute Gasteiger partial charge is 0.166 e. The normalized spacial score (nSPS) is 14.8. The van der Waals surface area contributed by atoms with Crippen molar-refractivity contribution in [3.05, 3.63) is 75.5 Å². The lowest BCUT2D eigenvalue weighted by atomic mass is 9.99. The Kier molecular flexibility index (Phi) is 4.37. The van der Waals surface area contributed by atoms with Crippen molar-refractivity contribution >= 4 is 11.3 Å². The number of hydrogen-bond acceptors (Lipinski definition) is 4. The molecular formula is C22H21NO2S. The van der Waals surface area contributed by atoms with E-state index in [1.165, 1.54) is 26.4 Å². The molecule has 0 amide bonds. The van der Waals surface area contributed by atoms with Crippen LogP contribution in [-0.4, -0.2) is 0 Å². The van der Waals surface area contributed by atoms with Crippen molar-refractivity contribution in [3.8, 4) is 21.6 Å². The van der Waals surface area contributed by atoms with Gasteiger partial charge in [-0.05, 0) is 60.1 Å². The minimum absolute atomic E-state index is 0.474. The Labute approximate surface area is 157 Å². The Morgan fingerprint density at radius 2 is 1.58 bits per heavy atom. The Morgan fingerprint density at radius 3 is 2.08 bits per heavy atom. The molecule has 1 saturated carbocycles. The van der Waals surface area contributed by atoms with Crippen molar-refractivity contribution in [2.24, 2.45) is 5.34 Å². The fourth-order valence-corrected chi connectivity index (χ4v) is 4.52. The summed E-state index contributed by atoms with van der Waals surface area (Å²) in [7, 11) is 0. The van der Waals surface area contributed by atoms with Crippen molar-refractivity contribution in [3.63, 3.8) is 0 Å². The molecule has 0 radical (unpaired) electrons. The van der Waals surface area contributed by atoms with Crippen molar-refractivity contribution in [2.45, 2.75) is 38.7 Å². The molecule has 1 aliphatic carbocycles. The topological polar surface area (TPSA) is 38.7 Å². The van der Waals surface area contributed by atoms with E-state index in [-0.39, 0.29) is 0 Å². The van der Waals surface area contributed by atoms with Gasteiger partial charge in [0.25, 0.3) is 0 Å². The second-order valence-electron chi connectivity index (χ2n) is 6.89. The van der Waals surface area contributed by atoms with Gasteiger partial charge in [-0.1, -0.05) is 55.5 Å². The molecule has 2 aromatic carbocycles. The second-order valence-corrected chi connectivity index (χ2v) is 8.03. The summed E-state index contributed by atoms with van der Waals surface area (Å²) in [4.78, 5) is 18.3. The van der Waals surface area contributed by atoms with Crippen LogP contribution in [0.25, 0.3) is 21.6 Å². The summed E-state index contributed by atoms with van der Waals surface area (Å²) in [6, 6.07) is 19.3. The molecule has 26 heavy (non-hydrogen) atoms. The van der Waals surface area contributed by atoms with Crippen LogP contribution in [0.4, 0.5) is 0 Å². The number of thiophene rings is 1. The summed E-state index contributed by atoms with van der Waals surface area (Å²) in [6.45, 7) is 4.38. The minimum Gasteiger partial charge on any atom is -0.353 e. The van der Waals surface area contributed by atoms with Crippen LogP contribution >= 0.6 is 11.3 Å². The number of aryl methyl sites for hydroxylation is 2. The fraction of sp³-hybridized carbons (Fsp3) is 0.273. The third-order valence-corrected chi connectivity index (χ3v) is 6.56. The van der Waals surface area contributed by atoms with Gasteiger partial charge in [-0.25, -0.2) is 0 Å². The van der Waals surface area contributed by atoms with E-state index in [1.54, 1.807) is 0 Å². The number of hydrogen-bond donors (Lipinski definition) is 0. The first kappa shape index (κ1) is 17.0. The summed E-state index contributed by atoms with van der Waals surface area (Å²) >= 11 is 1.88. The van der Waals surface area contributed by atoms with Crippen molar-refractivity contribution < 1.29 is 4.84 Å². The van der Waals surface area contributed by atoms with Gasteiger partial charge in [-0.15, -0.1) is 16.2 Å². The van der Waals surface area contributed by atoms with Gasteiger partial charge in [0.15, 0.2) is 10.9 Å². The zero-order chi connectivity index (χ0) is 18.1. The van der Waals surface area contributed by atoms with Crippen LogP contribution in [0, 0.1) is 11.8 Å². The van der Waals surface area contributed by atoms with Gasteiger partial charge < -0.3 is 4.84 Å². The largest absolute Gasteiger partial charge is 0.353 e. The third-order valence-electron chi connectivity index (χ3n) is 5.12. The van der Waals surface area contributed by atoms with Gasteiger partial charge >= 0.3 is 0 Å². The quantitative estimate of drug-likeness (QED) is 0.364. The molecule has 0 N–H and O–H groups in total. The molecule has 1 fully saturated rings. The van der Waals surface area contributed by atoms with Crippen LogP contribution in [-0.2, 0) is 16.9 Å². The maximum atomic E-state index is 10.4. The highest BCUT2D eigenvalue weighted by Crippen LogP contribution is 2.49. The van der Waals surface area contributed by atoms with Crippen LogP contribution in [0.5, 0.6) is 0 Å². The lowest BCUT2D eigenvalue weighted by Crippen LogP contribution is -2.07. The molecule has 0 atom stereocenters. The van der Waals surface area contributed by atoms with Gasteiger partial charge in [0.2, 0.25) is 0 Å². The van der Waals surface area contributed by atoms with Crippen LogP contribution in [0.3, 0.4) is 0 Å². The van der Waals surface area contributed by atoms with E-state index < -0.39 is 5.60 Å². The molecule has 0 aliphatic heterocycles. The third kappa shape index (κ3) is 3.06. The summed E-state index contributed by atoms with van der Waals surface area (Å²) in [5, 5.41) is 2.63. The molecule has 0 bridgehead atoms. The maximum absolute atomic E-state index is 10.4. The van der Waals surface area contributed by atoms with Gasteiger partial charge in [0.1, 0.15) is 0 Å². The lowest BCUT2D eigenvalue weighted by Gasteiger charge is -2.12. The summed E-state index contributed by atoms with van der Waals surface area (Å²) < 4.78 is 0. The standard InChI is InChI=1S/C22H21NO2S/c1-3-20-14-15(2)21(26-20)18-6-4-16(5-7-18)17-8-10-19(11-9-17)22(12-13-22)25-23-24/h4-11,14H,3,12-13H2,1-2H3. The molecule has 4 rings (SSSR count). The van der Waals surface area contributed by atoms with Gasteiger partial charge in [-0.2, -0.15) is 0 Å². The van der Waals surface area contributed by atoms with Crippen LogP contribution < -0.4 is 0 Å². The van der Waals surface area contributed by atoms with Crippen molar-refractivity contribution in [1.29, 1.82) is 0 Å². The Bertz CT molecular complexity index is 922. The molecule has 3 aromatic rings. The fourth-order valence-electron chi connectivity index (χ4n) is 3.41. The van der Waals surface area contributed by atoms with Crippen LogP contribution in [0.2, 0.25) is 0 Å². The molecule has 1 aromatic heterocycles. The number of rotatable bonds is 6. The van der Waals surface area contributed by atoms with E-state index in [4.69, 9.17) is 4.84 Å². The minimum atomic E-state index is -0.474. The zero-order valence-corrected chi connectivity index (χ0v) is 15.8. The average Bonchev–Trinajstić information content (AvgIpc) is 3.36. The summed E-state index contributed by atoms with van der Waals surface area (Å²) in [5.74, 6) is 0. The van der Waals surface area contributed by atoms with E-state index in [0.29, 0.717) is 0 Å². The van der Waals surface area contributed by atoms with E-state index in [1.807, 2.05) is 23.5 Å². The molecule has 3 nitrogen and oxygen atoms in total.